The number of hydrogen-bond acceptors (Lipinski definition) is 6. The molecule has 2 saturated heterocycles. The number of anilines is 1. The summed E-state index contributed by atoms with van der Waals surface area (Å²) in [5.41, 5.74) is 3.82. The van der Waals surface area contributed by atoms with E-state index in [9.17, 15) is 4.79 Å². The highest BCUT2D eigenvalue weighted by molar-refractivity contribution is 5.97. The minimum Gasteiger partial charge on any atom is -0.381 e. The fraction of sp³-hybridized carbons (Fsp3) is 0.448. The second-order valence-electron chi connectivity index (χ2n) is 10.6. The Labute approximate surface area is 211 Å². The molecule has 1 aliphatic carbocycles. The molecule has 5 heterocycles. The summed E-state index contributed by atoms with van der Waals surface area (Å²) in [5, 5.41) is 4.93. The van der Waals surface area contributed by atoms with Gasteiger partial charge in [0.25, 0.3) is 0 Å². The third-order valence-corrected chi connectivity index (χ3v) is 8.11. The predicted octanol–water partition coefficient (Wildman–Crippen LogP) is 3.91. The van der Waals surface area contributed by atoms with Gasteiger partial charge in [0.1, 0.15) is 11.5 Å². The Kier molecular flexibility index (Phi) is 5.94. The van der Waals surface area contributed by atoms with Crippen LogP contribution in [0.5, 0.6) is 0 Å². The van der Waals surface area contributed by atoms with Crippen molar-refractivity contribution in [3.8, 4) is 11.8 Å². The topological polar surface area (TPSA) is 80.2 Å². The van der Waals surface area contributed by atoms with E-state index in [0.29, 0.717) is 11.7 Å². The Hall–Kier alpha value is -3.34. The number of aryl methyl sites for hydroxylation is 1. The lowest BCUT2D eigenvalue weighted by molar-refractivity contribution is -0.118. The molecule has 6 rings (SSSR count). The monoisotopic (exact) mass is 481 g/mol. The Balaban J connectivity index is 1.22. The van der Waals surface area contributed by atoms with Gasteiger partial charge in [-0.1, -0.05) is 12.0 Å². The van der Waals surface area contributed by atoms with Crippen LogP contribution in [0.4, 0.5) is 5.82 Å². The molecular formula is C29H31N5O2. The van der Waals surface area contributed by atoms with E-state index in [2.05, 4.69) is 50.1 Å². The lowest BCUT2D eigenvalue weighted by Crippen LogP contribution is -2.21. The van der Waals surface area contributed by atoms with E-state index in [1.54, 1.807) is 12.4 Å². The second kappa shape index (κ2) is 9.27. The molecule has 2 atom stereocenters. The summed E-state index contributed by atoms with van der Waals surface area (Å²) in [6, 6.07) is 6.03. The maximum Gasteiger partial charge on any atom is 0.229 e. The maximum atomic E-state index is 13.0. The van der Waals surface area contributed by atoms with Gasteiger partial charge in [-0.3, -0.25) is 9.78 Å². The van der Waals surface area contributed by atoms with Gasteiger partial charge in [0.2, 0.25) is 5.91 Å². The van der Waals surface area contributed by atoms with Gasteiger partial charge in [0.15, 0.2) is 0 Å². The SMILES string of the molecule is Cc1ncc(C#Cc2ccc(C3CCOCC3)cn2)c2cc(NC(=O)[C@H]3C[C@]34CCN(C)C4)ncc12. The molecule has 7 nitrogen and oxygen atoms in total. The van der Waals surface area contributed by atoms with E-state index in [4.69, 9.17) is 4.74 Å². The average molecular weight is 482 g/mol. The minimum atomic E-state index is 0.0735. The van der Waals surface area contributed by atoms with Gasteiger partial charge < -0.3 is 15.0 Å². The van der Waals surface area contributed by atoms with Crippen LogP contribution in [-0.4, -0.2) is 59.1 Å². The molecule has 0 aromatic carbocycles. The standard InChI is InChI=1S/C29H31N5O2/c1-19-25-17-32-27(33-28(35)26-14-29(26)9-10-34(2)18-29)13-24(25)22(16-30-19)4-6-23-5-3-21(15-31-23)20-7-11-36-12-8-20/h3,5,13,15-17,20,26H,7-12,14,18H2,1-2H3,(H,32,33,35)/t26-,29+/m1/s1. The molecule has 1 N–H and O–H groups in total. The number of nitrogens with one attached hydrogen (secondary N) is 1. The van der Waals surface area contributed by atoms with E-state index >= 15 is 0 Å². The normalized spacial score (nSPS) is 24.0. The molecule has 3 aromatic rings. The molecule has 2 aliphatic heterocycles. The van der Waals surface area contributed by atoms with Gasteiger partial charge in [-0.2, -0.15) is 0 Å². The van der Waals surface area contributed by atoms with Crippen molar-refractivity contribution in [2.45, 2.75) is 38.5 Å². The summed E-state index contributed by atoms with van der Waals surface area (Å²) in [7, 11) is 2.13. The van der Waals surface area contributed by atoms with Crippen molar-refractivity contribution in [1.82, 2.24) is 19.9 Å². The molecule has 3 fully saturated rings. The summed E-state index contributed by atoms with van der Waals surface area (Å²) in [6.45, 7) is 5.66. The minimum absolute atomic E-state index is 0.0735. The molecule has 3 aromatic heterocycles. The van der Waals surface area contributed by atoms with E-state index in [-0.39, 0.29) is 17.2 Å². The molecule has 1 spiro atoms. The van der Waals surface area contributed by atoms with Crippen LogP contribution in [0.3, 0.4) is 0 Å². The first kappa shape index (κ1) is 23.1. The Bertz CT molecular complexity index is 1370. The number of pyridine rings is 3. The van der Waals surface area contributed by atoms with E-state index < -0.39 is 0 Å². The molecule has 0 unspecified atom stereocenters. The highest BCUT2D eigenvalue weighted by atomic mass is 16.5. The third kappa shape index (κ3) is 4.47. The largest absolute Gasteiger partial charge is 0.381 e. The van der Waals surface area contributed by atoms with E-state index in [0.717, 1.165) is 79.7 Å². The third-order valence-electron chi connectivity index (χ3n) is 8.11. The first-order valence-electron chi connectivity index (χ1n) is 12.8. The van der Waals surface area contributed by atoms with Crippen LogP contribution in [0.25, 0.3) is 10.8 Å². The van der Waals surface area contributed by atoms with Gasteiger partial charge in [-0.25, -0.2) is 9.97 Å². The van der Waals surface area contributed by atoms with Crippen LogP contribution in [0.1, 0.15) is 54.1 Å². The van der Waals surface area contributed by atoms with Gasteiger partial charge >= 0.3 is 0 Å². The lowest BCUT2D eigenvalue weighted by atomic mass is 9.93. The van der Waals surface area contributed by atoms with Crippen LogP contribution >= 0.6 is 0 Å². The van der Waals surface area contributed by atoms with Gasteiger partial charge in [-0.05, 0) is 81.1 Å². The van der Waals surface area contributed by atoms with Crippen molar-refractivity contribution in [1.29, 1.82) is 0 Å². The number of fused-ring (bicyclic) bond motifs is 1. The quantitative estimate of drug-likeness (QED) is 0.572. The molecule has 0 bridgehead atoms. The van der Waals surface area contributed by atoms with Crippen LogP contribution < -0.4 is 5.32 Å². The first-order valence-corrected chi connectivity index (χ1v) is 12.8. The van der Waals surface area contributed by atoms with Gasteiger partial charge in [-0.15, -0.1) is 0 Å². The Morgan fingerprint density at radius 1 is 1.11 bits per heavy atom. The van der Waals surface area contributed by atoms with Crippen molar-refractivity contribution < 1.29 is 9.53 Å². The molecular weight excluding hydrogens is 450 g/mol. The number of likely N-dealkylation sites (tertiary alicyclic amines) is 1. The summed E-state index contributed by atoms with van der Waals surface area (Å²) in [5.74, 6) is 7.67. The molecule has 1 saturated carbocycles. The van der Waals surface area contributed by atoms with Crippen LogP contribution in [0, 0.1) is 30.1 Å². The molecule has 3 aliphatic rings. The zero-order valence-electron chi connectivity index (χ0n) is 20.9. The Morgan fingerprint density at radius 3 is 2.72 bits per heavy atom. The van der Waals surface area contributed by atoms with Crippen LogP contribution in [-0.2, 0) is 9.53 Å². The number of rotatable bonds is 3. The number of hydrogen-bond donors (Lipinski definition) is 1. The number of amides is 1. The smallest absolute Gasteiger partial charge is 0.229 e. The number of carbonyl (C=O) groups excluding carboxylic acids is 1. The first-order chi connectivity index (χ1) is 17.5. The number of aromatic nitrogens is 3. The van der Waals surface area contributed by atoms with Crippen molar-refractivity contribution >= 4 is 22.5 Å². The van der Waals surface area contributed by atoms with Crippen LogP contribution in [0.15, 0.2) is 36.8 Å². The summed E-state index contributed by atoms with van der Waals surface area (Å²) in [4.78, 5) is 28.9. The average Bonchev–Trinajstić information content (AvgIpc) is 3.49. The van der Waals surface area contributed by atoms with Crippen molar-refractivity contribution in [2.24, 2.45) is 11.3 Å². The fourth-order valence-corrected chi connectivity index (χ4v) is 5.81. The van der Waals surface area contributed by atoms with Crippen molar-refractivity contribution in [3.63, 3.8) is 0 Å². The molecule has 7 heteroatoms. The van der Waals surface area contributed by atoms with Crippen LogP contribution in [0.2, 0.25) is 0 Å². The lowest BCUT2D eigenvalue weighted by Gasteiger charge is -2.21. The fourth-order valence-electron chi connectivity index (χ4n) is 5.81. The number of nitrogens with zero attached hydrogens (tertiary/aromatic N) is 4. The Morgan fingerprint density at radius 2 is 1.97 bits per heavy atom. The molecule has 184 valence electrons. The summed E-state index contributed by atoms with van der Waals surface area (Å²) >= 11 is 0. The van der Waals surface area contributed by atoms with Gasteiger partial charge in [0, 0.05) is 60.7 Å². The molecule has 0 radical (unpaired) electrons. The number of carbonyl (C=O) groups is 1. The maximum absolute atomic E-state index is 13.0. The number of ether oxygens (including phenoxy) is 1. The molecule has 36 heavy (non-hydrogen) atoms. The van der Waals surface area contributed by atoms with E-state index in [1.807, 2.05) is 25.3 Å². The predicted molar refractivity (Wildman–Crippen MR) is 139 cm³/mol. The second-order valence-corrected chi connectivity index (χ2v) is 10.6. The highest BCUT2D eigenvalue weighted by Gasteiger charge is 2.60. The highest BCUT2D eigenvalue weighted by Crippen LogP contribution is 2.58. The molecule has 1 amide bonds. The van der Waals surface area contributed by atoms with E-state index in [1.165, 1.54) is 5.56 Å². The van der Waals surface area contributed by atoms with Crippen molar-refractivity contribution in [3.05, 3.63) is 59.3 Å². The van der Waals surface area contributed by atoms with Crippen molar-refractivity contribution in [2.75, 3.05) is 38.7 Å². The zero-order valence-corrected chi connectivity index (χ0v) is 20.9. The van der Waals surface area contributed by atoms with Gasteiger partial charge in [0.05, 0.1) is 5.56 Å². The zero-order chi connectivity index (χ0) is 24.7. The summed E-state index contributed by atoms with van der Waals surface area (Å²) < 4.78 is 5.47. The summed E-state index contributed by atoms with van der Waals surface area (Å²) in [6.07, 6.45) is 9.66.